The first-order chi connectivity index (χ1) is 13.0. The van der Waals surface area contributed by atoms with Gasteiger partial charge in [-0.25, -0.2) is 4.79 Å². The lowest BCUT2D eigenvalue weighted by atomic mass is 9.98. The van der Waals surface area contributed by atoms with Crippen LogP contribution in [0.15, 0.2) is 47.0 Å². The first-order valence-electron chi connectivity index (χ1n) is 8.84. The molecule has 0 spiro atoms. The number of ether oxygens (including phenoxy) is 1. The smallest absolute Gasteiger partial charge is 0.330 e. The summed E-state index contributed by atoms with van der Waals surface area (Å²) in [6, 6.07) is 7.12. The van der Waals surface area contributed by atoms with Gasteiger partial charge in [-0.05, 0) is 43.5 Å². The van der Waals surface area contributed by atoms with E-state index in [-0.39, 0.29) is 24.3 Å². The molecule has 1 aliphatic rings. The van der Waals surface area contributed by atoms with Gasteiger partial charge in [-0.1, -0.05) is 34.1 Å². The summed E-state index contributed by atoms with van der Waals surface area (Å²) in [4.78, 5) is 35.7. The second-order valence-electron chi connectivity index (χ2n) is 6.13. The molecule has 2 atom stereocenters. The van der Waals surface area contributed by atoms with E-state index in [1.165, 1.54) is 12.2 Å². The minimum atomic E-state index is -0.475. The molecule has 2 unspecified atom stereocenters. The molecule has 7 heteroatoms. The van der Waals surface area contributed by atoms with Gasteiger partial charge in [-0.15, -0.1) is 0 Å². The first-order valence-corrected chi connectivity index (χ1v) is 9.64. The summed E-state index contributed by atoms with van der Waals surface area (Å²) < 4.78 is 5.79. The normalized spacial score (nSPS) is 17.9. The Morgan fingerprint density at radius 1 is 1.41 bits per heavy atom. The molecule has 0 aromatic heterocycles. The summed E-state index contributed by atoms with van der Waals surface area (Å²) in [5.74, 6) is -0.983. The van der Waals surface area contributed by atoms with E-state index in [1.54, 1.807) is 19.1 Å². The number of nitrogens with one attached hydrogen (secondary N) is 2. The summed E-state index contributed by atoms with van der Waals surface area (Å²) in [7, 11) is 0. The van der Waals surface area contributed by atoms with Gasteiger partial charge in [0.2, 0.25) is 11.8 Å². The summed E-state index contributed by atoms with van der Waals surface area (Å²) >= 11 is 3.39. The number of esters is 1. The second kappa shape index (κ2) is 10.7. The first kappa shape index (κ1) is 20.9. The molecule has 0 bridgehead atoms. The highest BCUT2D eigenvalue weighted by molar-refractivity contribution is 9.10. The van der Waals surface area contributed by atoms with Crippen LogP contribution in [0.1, 0.15) is 25.3 Å². The SMILES string of the molecule is CCOC(=O)/C=C/C(CC1CCNC1=O)NC(=O)/C=C/c1cccc(Br)c1. The molecular weight excluding hydrogens is 412 g/mol. The van der Waals surface area contributed by atoms with Crippen molar-refractivity contribution in [1.82, 2.24) is 10.6 Å². The molecule has 1 fully saturated rings. The molecule has 0 radical (unpaired) electrons. The minimum Gasteiger partial charge on any atom is -0.463 e. The number of halogens is 1. The summed E-state index contributed by atoms with van der Waals surface area (Å²) in [6.07, 6.45) is 7.15. The Balaban J connectivity index is 2.01. The molecular formula is C20H23BrN2O4. The standard InChI is InChI=1S/C20H23BrN2O4/c1-2-27-19(25)9-7-17(13-15-10-11-22-20(15)26)23-18(24)8-6-14-4-3-5-16(21)12-14/h3-9,12,15,17H,2,10-11,13H2,1H3,(H,22,26)(H,23,24)/b8-6+,9-7+. The Kier molecular flexibility index (Phi) is 8.26. The molecule has 2 amide bonds. The number of amides is 2. The average molecular weight is 435 g/mol. The van der Waals surface area contributed by atoms with Gasteiger partial charge in [0.05, 0.1) is 6.61 Å². The summed E-state index contributed by atoms with van der Waals surface area (Å²) in [5, 5.41) is 5.61. The van der Waals surface area contributed by atoms with E-state index >= 15 is 0 Å². The molecule has 2 N–H and O–H groups in total. The van der Waals surface area contributed by atoms with Gasteiger partial charge in [0.15, 0.2) is 0 Å². The molecule has 6 nitrogen and oxygen atoms in total. The van der Waals surface area contributed by atoms with Crippen molar-refractivity contribution in [3.63, 3.8) is 0 Å². The molecule has 27 heavy (non-hydrogen) atoms. The maximum Gasteiger partial charge on any atom is 0.330 e. The van der Waals surface area contributed by atoms with Gasteiger partial charge in [0, 0.05) is 35.1 Å². The highest BCUT2D eigenvalue weighted by Crippen LogP contribution is 2.17. The fraction of sp³-hybridized carbons (Fsp3) is 0.350. The predicted molar refractivity (Wildman–Crippen MR) is 107 cm³/mol. The molecule has 144 valence electrons. The molecule has 1 aromatic carbocycles. The van der Waals surface area contributed by atoms with Crippen molar-refractivity contribution >= 4 is 39.8 Å². The van der Waals surface area contributed by atoms with Gasteiger partial charge in [-0.2, -0.15) is 0 Å². The molecule has 1 aromatic rings. The molecule has 0 saturated carbocycles. The lowest BCUT2D eigenvalue weighted by molar-refractivity contribution is -0.137. The third-order valence-corrected chi connectivity index (χ3v) is 4.55. The number of hydrogen-bond donors (Lipinski definition) is 2. The summed E-state index contributed by atoms with van der Waals surface area (Å²) in [5.41, 5.74) is 0.883. The Bertz CT molecular complexity index is 745. The average Bonchev–Trinajstić information content (AvgIpc) is 3.03. The molecule has 1 heterocycles. The van der Waals surface area contributed by atoms with Crippen molar-refractivity contribution < 1.29 is 19.1 Å². The zero-order valence-corrected chi connectivity index (χ0v) is 16.7. The van der Waals surface area contributed by atoms with Crippen LogP contribution >= 0.6 is 15.9 Å². The van der Waals surface area contributed by atoms with Crippen LogP contribution in [0, 0.1) is 5.92 Å². The lowest BCUT2D eigenvalue weighted by Gasteiger charge is -2.17. The molecule has 1 saturated heterocycles. The van der Waals surface area contributed by atoms with Crippen molar-refractivity contribution in [2.24, 2.45) is 5.92 Å². The van der Waals surface area contributed by atoms with E-state index in [2.05, 4.69) is 26.6 Å². The van der Waals surface area contributed by atoms with E-state index in [0.717, 1.165) is 10.0 Å². The molecule has 2 rings (SSSR count). The molecule has 0 aliphatic carbocycles. The largest absolute Gasteiger partial charge is 0.463 e. The van der Waals surface area contributed by atoms with Crippen molar-refractivity contribution in [2.75, 3.05) is 13.2 Å². The fourth-order valence-corrected chi connectivity index (χ4v) is 3.18. The van der Waals surface area contributed by atoms with Crippen molar-refractivity contribution in [3.05, 3.63) is 52.5 Å². The van der Waals surface area contributed by atoms with Gasteiger partial charge in [0.1, 0.15) is 0 Å². The highest BCUT2D eigenvalue weighted by Gasteiger charge is 2.26. The van der Waals surface area contributed by atoms with Crippen molar-refractivity contribution in [2.45, 2.75) is 25.8 Å². The highest BCUT2D eigenvalue weighted by atomic mass is 79.9. The maximum absolute atomic E-state index is 12.3. The number of rotatable bonds is 8. The van der Waals surface area contributed by atoms with Gasteiger partial charge < -0.3 is 15.4 Å². The topological polar surface area (TPSA) is 84.5 Å². The van der Waals surface area contributed by atoms with Gasteiger partial charge in [-0.3, -0.25) is 9.59 Å². The zero-order valence-electron chi connectivity index (χ0n) is 15.1. The molecule has 1 aliphatic heterocycles. The Morgan fingerprint density at radius 2 is 2.22 bits per heavy atom. The van der Waals surface area contributed by atoms with Crippen LogP contribution in [0.2, 0.25) is 0 Å². The number of carbonyl (C=O) groups is 3. The van der Waals surface area contributed by atoms with E-state index in [0.29, 0.717) is 19.4 Å². The Hall–Kier alpha value is -2.41. The van der Waals surface area contributed by atoms with Gasteiger partial charge >= 0.3 is 5.97 Å². The van der Waals surface area contributed by atoms with Crippen LogP contribution in [0.5, 0.6) is 0 Å². The Morgan fingerprint density at radius 3 is 2.89 bits per heavy atom. The van der Waals surface area contributed by atoms with Crippen LogP contribution in [-0.4, -0.2) is 37.0 Å². The van der Waals surface area contributed by atoms with E-state index in [1.807, 2.05) is 24.3 Å². The Labute approximate surface area is 167 Å². The van der Waals surface area contributed by atoms with E-state index < -0.39 is 12.0 Å². The zero-order chi connectivity index (χ0) is 19.6. The third-order valence-electron chi connectivity index (χ3n) is 4.06. The van der Waals surface area contributed by atoms with E-state index in [4.69, 9.17) is 4.74 Å². The fourth-order valence-electron chi connectivity index (χ4n) is 2.76. The van der Waals surface area contributed by atoms with E-state index in [9.17, 15) is 14.4 Å². The van der Waals surface area contributed by atoms with Crippen LogP contribution < -0.4 is 10.6 Å². The predicted octanol–water partition coefficient (Wildman–Crippen LogP) is 2.59. The maximum atomic E-state index is 12.3. The summed E-state index contributed by atoms with van der Waals surface area (Å²) in [6.45, 7) is 2.63. The monoisotopic (exact) mass is 434 g/mol. The number of carbonyl (C=O) groups excluding carboxylic acids is 3. The van der Waals surface area contributed by atoms with Crippen LogP contribution in [0.4, 0.5) is 0 Å². The van der Waals surface area contributed by atoms with Crippen molar-refractivity contribution in [3.8, 4) is 0 Å². The minimum absolute atomic E-state index is 0.0246. The third kappa shape index (κ3) is 7.38. The number of hydrogen-bond acceptors (Lipinski definition) is 4. The van der Waals surface area contributed by atoms with Crippen LogP contribution in [0.3, 0.4) is 0 Å². The van der Waals surface area contributed by atoms with Crippen LogP contribution in [-0.2, 0) is 19.1 Å². The van der Waals surface area contributed by atoms with Crippen LogP contribution in [0.25, 0.3) is 6.08 Å². The second-order valence-corrected chi connectivity index (χ2v) is 7.04. The number of benzene rings is 1. The lowest BCUT2D eigenvalue weighted by Crippen LogP contribution is -2.35. The van der Waals surface area contributed by atoms with Crippen molar-refractivity contribution in [1.29, 1.82) is 0 Å². The quantitative estimate of drug-likeness (QED) is 0.486. The van der Waals surface area contributed by atoms with Gasteiger partial charge in [0.25, 0.3) is 0 Å².